The van der Waals surface area contributed by atoms with Gasteiger partial charge in [-0.3, -0.25) is 19.2 Å². The Bertz CT molecular complexity index is 1340. The zero-order valence-corrected chi connectivity index (χ0v) is 26.3. The molecule has 2 N–H and O–H groups in total. The lowest BCUT2D eigenvalue weighted by atomic mass is 9.82. The van der Waals surface area contributed by atoms with Gasteiger partial charge >= 0.3 is 0 Å². The van der Waals surface area contributed by atoms with Gasteiger partial charge in [-0.2, -0.15) is 0 Å². The molecule has 0 spiro atoms. The Balaban J connectivity index is 1.49. The zero-order valence-electron chi connectivity index (χ0n) is 25.5. The van der Waals surface area contributed by atoms with Gasteiger partial charge in [-0.1, -0.05) is 30.7 Å². The SMILES string of the molecule is C[C@@H](CC(=O)C1CCC(O)CC1)C(=O)N[C@@H](Cc1ccc(S(C)(=O)=O)cc1)C(=O)C[C@@H](CC1=CCCC1)C(=O)[C@@]1(C)CO1. The van der Waals surface area contributed by atoms with E-state index in [1.165, 1.54) is 12.1 Å². The topological polar surface area (TPSA) is 147 Å². The van der Waals surface area contributed by atoms with Crippen molar-refractivity contribution < 1.29 is 37.4 Å². The number of hydrogen-bond acceptors (Lipinski definition) is 8. The number of amides is 1. The number of aliphatic hydroxyl groups is 1. The molecule has 0 radical (unpaired) electrons. The molecule has 1 saturated carbocycles. The molecule has 2 fully saturated rings. The first-order valence-corrected chi connectivity index (χ1v) is 17.3. The molecule has 1 aromatic carbocycles. The summed E-state index contributed by atoms with van der Waals surface area (Å²) in [6.07, 6.45) is 8.70. The maximum Gasteiger partial charge on any atom is 0.223 e. The number of sulfone groups is 1. The van der Waals surface area contributed by atoms with E-state index in [-0.39, 0.29) is 53.5 Å². The first-order chi connectivity index (χ1) is 20.2. The van der Waals surface area contributed by atoms with Crippen LogP contribution in [0.1, 0.15) is 83.6 Å². The number of Topliss-reactive ketones (excluding diaryl/α,β-unsaturated/α-hetero) is 3. The van der Waals surface area contributed by atoms with Crippen molar-refractivity contribution in [1.29, 1.82) is 0 Å². The summed E-state index contributed by atoms with van der Waals surface area (Å²) < 4.78 is 29.3. The Kier molecular flexibility index (Phi) is 10.8. The highest BCUT2D eigenvalue weighted by atomic mass is 32.2. The van der Waals surface area contributed by atoms with Gasteiger partial charge in [-0.15, -0.1) is 0 Å². The van der Waals surface area contributed by atoms with E-state index in [1.807, 2.05) is 0 Å². The van der Waals surface area contributed by atoms with E-state index in [1.54, 1.807) is 26.0 Å². The van der Waals surface area contributed by atoms with Gasteiger partial charge in [0.1, 0.15) is 11.4 Å². The van der Waals surface area contributed by atoms with Crippen LogP contribution in [0.2, 0.25) is 0 Å². The van der Waals surface area contributed by atoms with Gasteiger partial charge in [-0.25, -0.2) is 8.42 Å². The number of ketones is 3. The molecule has 2 aliphatic carbocycles. The Morgan fingerprint density at radius 3 is 2.26 bits per heavy atom. The van der Waals surface area contributed by atoms with Crippen LogP contribution < -0.4 is 5.32 Å². The van der Waals surface area contributed by atoms with Crippen LogP contribution in [0.4, 0.5) is 0 Å². The van der Waals surface area contributed by atoms with Crippen molar-refractivity contribution in [2.24, 2.45) is 17.8 Å². The number of nitrogens with one attached hydrogen (secondary N) is 1. The molecule has 1 aromatic rings. The molecule has 43 heavy (non-hydrogen) atoms. The third-order valence-electron chi connectivity index (χ3n) is 9.16. The monoisotopic (exact) mass is 615 g/mol. The van der Waals surface area contributed by atoms with Crippen LogP contribution in [0.3, 0.4) is 0 Å². The average molecular weight is 616 g/mol. The number of aliphatic hydroxyl groups excluding tert-OH is 1. The molecular formula is C33H45NO8S. The summed E-state index contributed by atoms with van der Waals surface area (Å²) in [5, 5.41) is 12.6. The van der Waals surface area contributed by atoms with Crippen molar-refractivity contribution in [3.63, 3.8) is 0 Å². The van der Waals surface area contributed by atoms with Gasteiger partial charge in [0.15, 0.2) is 21.4 Å². The van der Waals surface area contributed by atoms with E-state index in [0.29, 0.717) is 44.3 Å². The van der Waals surface area contributed by atoms with Crippen LogP contribution in [-0.4, -0.2) is 67.4 Å². The maximum atomic E-state index is 13.9. The number of hydrogen-bond donors (Lipinski definition) is 2. The van der Waals surface area contributed by atoms with Gasteiger partial charge in [0.25, 0.3) is 0 Å². The Hall–Kier alpha value is -2.69. The lowest BCUT2D eigenvalue weighted by Gasteiger charge is -2.26. The number of epoxide rings is 1. The minimum atomic E-state index is -3.40. The molecule has 9 nitrogen and oxygen atoms in total. The van der Waals surface area contributed by atoms with Crippen LogP contribution in [0.25, 0.3) is 0 Å². The van der Waals surface area contributed by atoms with Gasteiger partial charge < -0.3 is 15.2 Å². The maximum absolute atomic E-state index is 13.9. The first-order valence-electron chi connectivity index (χ1n) is 15.4. The molecule has 3 aliphatic rings. The van der Waals surface area contributed by atoms with Crippen LogP contribution in [-0.2, 0) is 40.2 Å². The normalized spacial score (nSPS) is 25.7. The molecule has 0 bridgehead atoms. The largest absolute Gasteiger partial charge is 0.393 e. The smallest absolute Gasteiger partial charge is 0.223 e. The summed E-state index contributed by atoms with van der Waals surface area (Å²) in [4.78, 5) is 53.6. The Morgan fingerprint density at radius 1 is 1.05 bits per heavy atom. The third kappa shape index (κ3) is 9.16. The van der Waals surface area contributed by atoms with Crippen LogP contribution in [0.15, 0.2) is 40.8 Å². The summed E-state index contributed by atoms with van der Waals surface area (Å²) in [7, 11) is -3.40. The van der Waals surface area contributed by atoms with Crippen LogP contribution in [0, 0.1) is 17.8 Å². The second-order valence-corrected chi connectivity index (χ2v) is 15.0. The first kappa shape index (κ1) is 33.2. The minimum absolute atomic E-state index is 0.0121. The second-order valence-electron chi connectivity index (χ2n) is 13.0. The fraction of sp³-hybridized carbons (Fsp3) is 0.636. The summed E-state index contributed by atoms with van der Waals surface area (Å²) >= 11 is 0. The van der Waals surface area contributed by atoms with Gasteiger partial charge in [-0.05, 0) is 82.4 Å². The third-order valence-corrected chi connectivity index (χ3v) is 10.3. The summed E-state index contributed by atoms with van der Waals surface area (Å²) in [5.74, 6) is -2.24. The van der Waals surface area contributed by atoms with Crippen molar-refractivity contribution in [1.82, 2.24) is 5.32 Å². The number of allylic oxidation sites excluding steroid dienone is 2. The predicted molar refractivity (Wildman–Crippen MR) is 161 cm³/mol. The fourth-order valence-corrected chi connectivity index (χ4v) is 6.82. The number of carbonyl (C=O) groups excluding carboxylic acids is 4. The van der Waals surface area contributed by atoms with Crippen molar-refractivity contribution >= 4 is 33.1 Å². The average Bonchev–Trinajstić information content (AvgIpc) is 3.50. The summed E-state index contributed by atoms with van der Waals surface area (Å²) in [6, 6.07) is 5.23. The Labute approximate surface area is 254 Å². The molecule has 0 aromatic heterocycles. The Morgan fingerprint density at radius 2 is 1.70 bits per heavy atom. The summed E-state index contributed by atoms with van der Waals surface area (Å²) in [6.45, 7) is 3.73. The van der Waals surface area contributed by atoms with Crippen molar-refractivity contribution in [2.45, 2.75) is 107 Å². The molecule has 0 unspecified atom stereocenters. The molecule has 1 saturated heterocycles. The van der Waals surface area contributed by atoms with Crippen LogP contribution >= 0.6 is 0 Å². The van der Waals surface area contributed by atoms with E-state index in [0.717, 1.165) is 31.1 Å². The number of benzene rings is 1. The molecule has 4 rings (SSSR count). The van der Waals surface area contributed by atoms with E-state index in [9.17, 15) is 32.7 Å². The van der Waals surface area contributed by atoms with E-state index < -0.39 is 39.2 Å². The van der Waals surface area contributed by atoms with Gasteiger partial charge in [0.05, 0.1) is 23.6 Å². The highest BCUT2D eigenvalue weighted by Gasteiger charge is 2.50. The molecule has 4 atom stereocenters. The van der Waals surface area contributed by atoms with Crippen molar-refractivity contribution in [2.75, 3.05) is 12.9 Å². The number of rotatable bonds is 15. The molecule has 1 heterocycles. The lowest BCUT2D eigenvalue weighted by Crippen LogP contribution is -2.46. The van der Waals surface area contributed by atoms with Gasteiger partial charge in [0, 0.05) is 36.9 Å². The van der Waals surface area contributed by atoms with Crippen molar-refractivity contribution in [3.05, 3.63) is 41.5 Å². The molecular weight excluding hydrogens is 570 g/mol. The molecule has 10 heteroatoms. The standard InChI is InChI=1S/C33H45NO8S/c1-21(16-29(36)24-10-12-26(35)13-11-24)32(39)34-28(18-23-8-14-27(15-9-23)43(3,40)41)30(37)19-25(17-22-6-4-5-7-22)31(38)33(2)20-42-33/h6,8-9,14-15,21,24-26,28,35H,4-5,7,10-13,16-20H2,1-3H3,(H,34,39)/t21-,24?,25+,26?,28-,33+/m0/s1. The van der Waals surface area contributed by atoms with Gasteiger partial charge in [0.2, 0.25) is 5.91 Å². The fourth-order valence-electron chi connectivity index (χ4n) is 6.19. The molecule has 1 aliphatic heterocycles. The predicted octanol–water partition coefficient (Wildman–Crippen LogP) is 3.70. The quantitative estimate of drug-likeness (QED) is 0.224. The highest BCUT2D eigenvalue weighted by molar-refractivity contribution is 7.90. The van der Waals surface area contributed by atoms with Crippen LogP contribution in [0.5, 0.6) is 0 Å². The zero-order chi connectivity index (χ0) is 31.4. The van der Waals surface area contributed by atoms with E-state index in [2.05, 4.69) is 11.4 Å². The molecule has 236 valence electrons. The van der Waals surface area contributed by atoms with E-state index >= 15 is 0 Å². The number of ether oxygens (including phenoxy) is 1. The lowest BCUT2D eigenvalue weighted by molar-refractivity contribution is -0.135. The van der Waals surface area contributed by atoms with Crippen molar-refractivity contribution in [3.8, 4) is 0 Å². The highest BCUT2D eigenvalue weighted by Crippen LogP contribution is 2.36. The summed E-state index contributed by atoms with van der Waals surface area (Å²) in [5.41, 5.74) is 0.943. The minimum Gasteiger partial charge on any atom is -0.393 e. The van der Waals surface area contributed by atoms with E-state index in [4.69, 9.17) is 4.74 Å². The second kappa shape index (κ2) is 13.9. The number of carbonyl (C=O) groups is 4. The molecule has 1 amide bonds.